The van der Waals surface area contributed by atoms with E-state index in [4.69, 9.17) is 0 Å². The molecular weight excluding hydrogens is 102 g/mol. The minimum atomic E-state index is 0.243. The van der Waals surface area contributed by atoms with Gasteiger partial charge in [-0.1, -0.05) is 6.08 Å². The van der Waals surface area contributed by atoms with Gasteiger partial charge in [-0.25, -0.2) is 0 Å². The van der Waals surface area contributed by atoms with Gasteiger partial charge in [0.15, 0.2) is 5.78 Å². The number of hydrogen-bond acceptors (Lipinski definition) is 2. The van der Waals surface area contributed by atoms with Gasteiger partial charge < -0.3 is 5.32 Å². The molecule has 1 saturated heterocycles. The molecule has 0 unspecified atom stereocenters. The average molecular weight is 111 g/mol. The molecule has 0 saturated carbocycles. The fraction of sp³-hybridized carbons (Fsp3) is 0.500. The first-order chi connectivity index (χ1) is 3.84. The molecule has 44 valence electrons. The highest BCUT2D eigenvalue weighted by atomic mass is 16.1. The van der Waals surface area contributed by atoms with Gasteiger partial charge in [-0.3, -0.25) is 4.79 Å². The number of rotatable bonds is 0. The van der Waals surface area contributed by atoms with Crippen LogP contribution in [0.15, 0.2) is 11.6 Å². The zero-order valence-electron chi connectivity index (χ0n) is 4.90. The monoisotopic (exact) mass is 111 g/mol. The Hall–Kier alpha value is -0.630. The Kier molecular flexibility index (Phi) is 1.44. The fourth-order valence-corrected chi connectivity index (χ4v) is 0.786. The van der Waals surface area contributed by atoms with E-state index in [1.807, 2.05) is 13.0 Å². The lowest BCUT2D eigenvalue weighted by Gasteiger charge is -1.84. The Bertz CT molecular complexity index is 137. The molecule has 1 rings (SSSR count). The lowest BCUT2D eigenvalue weighted by atomic mass is 10.2. The molecule has 0 spiro atoms. The van der Waals surface area contributed by atoms with Crippen molar-refractivity contribution in [3.05, 3.63) is 11.6 Å². The molecule has 2 heteroatoms. The van der Waals surface area contributed by atoms with Crippen molar-refractivity contribution in [2.24, 2.45) is 0 Å². The van der Waals surface area contributed by atoms with Crippen LogP contribution in [0.25, 0.3) is 0 Å². The third-order valence-corrected chi connectivity index (χ3v) is 1.31. The Labute approximate surface area is 48.6 Å². The standard InChI is InChI=1S/C6H9NO/c1-2-5-3-7-4-6(5)8/h2,7H,3-4H2,1H3/b5-2-. The molecule has 0 aromatic rings. The summed E-state index contributed by atoms with van der Waals surface area (Å²) in [4.78, 5) is 10.7. The van der Waals surface area contributed by atoms with E-state index in [0.717, 1.165) is 12.1 Å². The minimum absolute atomic E-state index is 0.243. The van der Waals surface area contributed by atoms with Gasteiger partial charge in [0, 0.05) is 12.1 Å². The van der Waals surface area contributed by atoms with E-state index in [1.54, 1.807) is 0 Å². The molecule has 0 aliphatic carbocycles. The smallest absolute Gasteiger partial charge is 0.173 e. The second kappa shape index (κ2) is 2.09. The van der Waals surface area contributed by atoms with Crippen LogP contribution in [-0.4, -0.2) is 18.9 Å². The number of ketones is 1. The quantitative estimate of drug-likeness (QED) is 0.449. The average Bonchev–Trinajstić information content (AvgIpc) is 2.14. The second-order valence-electron chi connectivity index (χ2n) is 1.84. The Balaban J connectivity index is 2.69. The van der Waals surface area contributed by atoms with E-state index in [0.29, 0.717) is 6.54 Å². The summed E-state index contributed by atoms with van der Waals surface area (Å²) in [5.41, 5.74) is 0.921. The maximum absolute atomic E-state index is 10.7. The molecule has 1 heterocycles. The van der Waals surface area contributed by atoms with Crippen molar-refractivity contribution in [2.75, 3.05) is 13.1 Å². The first-order valence-corrected chi connectivity index (χ1v) is 2.73. The van der Waals surface area contributed by atoms with Gasteiger partial charge in [-0.05, 0) is 6.92 Å². The molecule has 0 aromatic heterocycles. The van der Waals surface area contributed by atoms with Crippen LogP contribution >= 0.6 is 0 Å². The van der Waals surface area contributed by atoms with Crippen molar-refractivity contribution < 1.29 is 4.79 Å². The third kappa shape index (κ3) is 0.793. The number of carbonyl (C=O) groups excluding carboxylic acids is 1. The summed E-state index contributed by atoms with van der Waals surface area (Å²) < 4.78 is 0. The maximum atomic E-state index is 10.7. The first kappa shape index (κ1) is 5.51. The maximum Gasteiger partial charge on any atom is 0.173 e. The predicted molar refractivity (Wildman–Crippen MR) is 31.6 cm³/mol. The molecule has 2 nitrogen and oxygen atoms in total. The summed E-state index contributed by atoms with van der Waals surface area (Å²) in [6, 6.07) is 0. The molecule has 1 fully saturated rings. The lowest BCUT2D eigenvalue weighted by molar-refractivity contribution is -0.113. The Morgan fingerprint density at radius 1 is 1.62 bits per heavy atom. The van der Waals surface area contributed by atoms with Crippen LogP contribution in [0.2, 0.25) is 0 Å². The zero-order valence-corrected chi connectivity index (χ0v) is 4.90. The summed E-state index contributed by atoms with van der Waals surface area (Å²) in [6.07, 6.45) is 1.86. The van der Waals surface area contributed by atoms with Crippen LogP contribution in [0.4, 0.5) is 0 Å². The predicted octanol–water partition coefficient (Wildman–Crippen LogP) is 0.105. The van der Waals surface area contributed by atoms with E-state index in [2.05, 4.69) is 5.32 Å². The molecule has 1 aliphatic rings. The van der Waals surface area contributed by atoms with Gasteiger partial charge in [-0.15, -0.1) is 0 Å². The van der Waals surface area contributed by atoms with E-state index in [1.165, 1.54) is 0 Å². The zero-order chi connectivity index (χ0) is 5.98. The van der Waals surface area contributed by atoms with Crippen LogP contribution in [0.1, 0.15) is 6.92 Å². The number of hydrogen-bond donors (Lipinski definition) is 1. The highest BCUT2D eigenvalue weighted by molar-refractivity contribution is 5.99. The molecule has 0 amide bonds. The molecule has 0 aromatic carbocycles. The first-order valence-electron chi connectivity index (χ1n) is 2.73. The number of Topliss-reactive ketones (excluding diaryl/α,β-unsaturated/α-hetero) is 1. The summed E-state index contributed by atoms with van der Waals surface area (Å²) in [5.74, 6) is 0.243. The molecule has 1 aliphatic heterocycles. The van der Waals surface area contributed by atoms with Crippen LogP contribution < -0.4 is 5.32 Å². The van der Waals surface area contributed by atoms with Crippen molar-refractivity contribution in [1.82, 2.24) is 5.32 Å². The molecule has 0 radical (unpaired) electrons. The Morgan fingerprint density at radius 2 is 2.38 bits per heavy atom. The summed E-state index contributed by atoms with van der Waals surface area (Å²) in [5, 5.41) is 2.96. The number of carbonyl (C=O) groups is 1. The lowest BCUT2D eigenvalue weighted by Crippen LogP contribution is -2.07. The van der Waals surface area contributed by atoms with Gasteiger partial charge >= 0.3 is 0 Å². The van der Waals surface area contributed by atoms with Crippen molar-refractivity contribution in [3.8, 4) is 0 Å². The molecule has 0 atom stereocenters. The Morgan fingerprint density at radius 3 is 2.62 bits per heavy atom. The van der Waals surface area contributed by atoms with Crippen LogP contribution in [0.5, 0.6) is 0 Å². The van der Waals surface area contributed by atoms with Crippen LogP contribution in [0.3, 0.4) is 0 Å². The van der Waals surface area contributed by atoms with E-state index in [9.17, 15) is 4.79 Å². The largest absolute Gasteiger partial charge is 0.305 e. The van der Waals surface area contributed by atoms with Crippen molar-refractivity contribution in [2.45, 2.75) is 6.92 Å². The summed E-state index contributed by atoms with van der Waals surface area (Å²) >= 11 is 0. The van der Waals surface area contributed by atoms with Crippen molar-refractivity contribution in [1.29, 1.82) is 0 Å². The molecule has 1 N–H and O–H groups in total. The molecule has 8 heavy (non-hydrogen) atoms. The number of allylic oxidation sites excluding steroid dienone is 1. The third-order valence-electron chi connectivity index (χ3n) is 1.31. The van der Waals surface area contributed by atoms with Crippen molar-refractivity contribution >= 4 is 5.78 Å². The van der Waals surface area contributed by atoms with Crippen LogP contribution in [-0.2, 0) is 4.79 Å². The van der Waals surface area contributed by atoms with Gasteiger partial charge in [0.25, 0.3) is 0 Å². The van der Waals surface area contributed by atoms with E-state index in [-0.39, 0.29) is 5.78 Å². The molecular formula is C6H9NO. The summed E-state index contributed by atoms with van der Waals surface area (Å²) in [6.45, 7) is 3.18. The highest BCUT2D eigenvalue weighted by Crippen LogP contribution is 1.99. The fourth-order valence-electron chi connectivity index (χ4n) is 0.786. The molecule has 0 bridgehead atoms. The van der Waals surface area contributed by atoms with Crippen LogP contribution in [0, 0.1) is 0 Å². The normalized spacial score (nSPS) is 25.1. The topological polar surface area (TPSA) is 29.1 Å². The SMILES string of the molecule is C/C=C1/CNCC1=O. The van der Waals surface area contributed by atoms with Crippen molar-refractivity contribution in [3.63, 3.8) is 0 Å². The van der Waals surface area contributed by atoms with E-state index < -0.39 is 0 Å². The van der Waals surface area contributed by atoms with Gasteiger partial charge in [-0.2, -0.15) is 0 Å². The van der Waals surface area contributed by atoms with E-state index >= 15 is 0 Å². The minimum Gasteiger partial charge on any atom is -0.305 e. The number of nitrogens with one attached hydrogen (secondary N) is 1. The van der Waals surface area contributed by atoms with Gasteiger partial charge in [0.05, 0.1) is 6.54 Å². The highest BCUT2D eigenvalue weighted by Gasteiger charge is 2.13. The van der Waals surface area contributed by atoms with Gasteiger partial charge in [0.1, 0.15) is 0 Å². The summed E-state index contributed by atoms with van der Waals surface area (Å²) in [7, 11) is 0. The second-order valence-corrected chi connectivity index (χ2v) is 1.84. The van der Waals surface area contributed by atoms with Gasteiger partial charge in [0.2, 0.25) is 0 Å².